The lowest BCUT2D eigenvalue weighted by molar-refractivity contribution is 0.0111. The molecule has 0 radical (unpaired) electrons. The minimum Gasteiger partial charge on any atom is -0.383 e. The maximum absolute atomic E-state index is 5.19. The molecule has 1 spiro atoms. The zero-order valence-electron chi connectivity index (χ0n) is 10.2. The molecule has 2 aliphatic carbocycles. The molecule has 0 aliphatic heterocycles. The maximum atomic E-state index is 5.19. The fourth-order valence-electron chi connectivity index (χ4n) is 3.45. The lowest BCUT2D eigenvalue weighted by Gasteiger charge is -2.53. The third-order valence-corrected chi connectivity index (χ3v) is 4.42. The molecule has 0 aromatic carbocycles. The maximum Gasteiger partial charge on any atom is 0.0613 e. The Kier molecular flexibility index (Phi) is 3.68. The molecule has 2 saturated carbocycles. The van der Waals surface area contributed by atoms with Crippen LogP contribution in [0.15, 0.2) is 0 Å². The fraction of sp³-hybridized carbons (Fsp3) is 1.00. The van der Waals surface area contributed by atoms with Crippen molar-refractivity contribution in [2.45, 2.75) is 64.0 Å². The van der Waals surface area contributed by atoms with Crippen LogP contribution in [0.3, 0.4) is 0 Å². The van der Waals surface area contributed by atoms with E-state index in [1.165, 1.54) is 44.9 Å². The number of nitrogens with one attached hydrogen (secondary N) is 1. The number of ether oxygens (including phenoxy) is 1. The van der Waals surface area contributed by atoms with Gasteiger partial charge in [0, 0.05) is 19.2 Å². The highest BCUT2D eigenvalue weighted by atomic mass is 16.5. The molecule has 1 N–H and O–H groups in total. The molecule has 15 heavy (non-hydrogen) atoms. The summed E-state index contributed by atoms with van der Waals surface area (Å²) < 4.78 is 5.19. The van der Waals surface area contributed by atoms with Crippen LogP contribution in [0.1, 0.15) is 51.9 Å². The Labute approximate surface area is 93.8 Å². The van der Waals surface area contributed by atoms with Gasteiger partial charge in [-0.25, -0.2) is 0 Å². The van der Waals surface area contributed by atoms with Crippen LogP contribution in [0.5, 0.6) is 0 Å². The van der Waals surface area contributed by atoms with Gasteiger partial charge in [0.1, 0.15) is 0 Å². The number of rotatable bonds is 4. The average Bonchev–Trinajstić information content (AvgIpc) is 2.26. The first kappa shape index (κ1) is 11.4. The van der Waals surface area contributed by atoms with E-state index in [2.05, 4.69) is 12.2 Å². The van der Waals surface area contributed by atoms with E-state index in [4.69, 9.17) is 4.74 Å². The standard InChI is InChI=1S/C13H25NO/c1-11(10-15-2)14-12-6-9-13(12)7-4-3-5-8-13/h11-12,14H,3-10H2,1-2H3. The Bertz CT molecular complexity index is 199. The quantitative estimate of drug-likeness (QED) is 0.772. The second kappa shape index (κ2) is 4.84. The molecule has 2 nitrogen and oxygen atoms in total. The topological polar surface area (TPSA) is 21.3 Å². The van der Waals surface area contributed by atoms with Crippen LogP contribution in [-0.2, 0) is 4.74 Å². The molecular weight excluding hydrogens is 186 g/mol. The number of methoxy groups -OCH3 is 1. The largest absolute Gasteiger partial charge is 0.383 e. The lowest BCUT2D eigenvalue weighted by atomic mass is 9.57. The first-order valence-electron chi connectivity index (χ1n) is 6.52. The first-order chi connectivity index (χ1) is 7.27. The van der Waals surface area contributed by atoms with Crippen LogP contribution in [0, 0.1) is 5.41 Å². The number of hydrogen-bond donors (Lipinski definition) is 1. The fourth-order valence-corrected chi connectivity index (χ4v) is 3.45. The molecule has 0 aromatic heterocycles. The molecule has 0 amide bonds. The van der Waals surface area contributed by atoms with E-state index in [0.29, 0.717) is 11.5 Å². The predicted molar refractivity (Wildman–Crippen MR) is 63.0 cm³/mol. The van der Waals surface area contributed by atoms with Crippen molar-refractivity contribution >= 4 is 0 Å². The summed E-state index contributed by atoms with van der Waals surface area (Å²) in [6, 6.07) is 1.29. The van der Waals surface area contributed by atoms with E-state index in [1.54, 1.807) is 7.11 Å². The minimum absolute atomic E-state index is 0.513. The highest BCUT2D eigenvalue weighted by Crippen LogP contribution is 2.51. The van der Waals surface area contributed by atoms with E-state index >= 15 is 0 Å². The Morgan fingerprint density at radius 3 is 2.53 bits per heavy atom. The Balaban J connectivity index is 1.82. The highest BCUT2D eigenvalue weighted by Gasteiger charge is 2.46. The van der Waals surface area contributed by atoms with Gasteiger partial charge >= 0.3 is 0 Å². The van der Waals surface area contributed by atoms with Gasteiger partial charge in [0.15, 0.2) is 0 Å². The molecule has 2 aliphatic rings. The second-order valence-corrected chi connectivity index (χ2v) is 5.54. The van der Waals surface area contributed by atoms with Crippen molar-refractivity contribution in [1.29, 1.82) is 0 Å². The SMILES string of the molecule is COCC(C)NC1CCC12CCCCC2. The zero-order chi connectivity index (χ0) is 10.7. The van der Waals surface area contributed by atoms with Crippen LogP contribution >= 0.6 is 0 Å². The van der Waals surface area contributed by atoms with Crippen LogP contribution in [0.4, 0.5) is 0 Å². The molecular formula is C13H25NO. The van der Waals surface area contributed by atoms with Gasteiger partial charge in [-0.3, -0.25) is 0 Å². The summed E-state index contributed by atoms with van der Waals surface area (Å²) in [5, 5.41) is 3.75. The Hall–Kier alpha value is -0.0800. The van der Waals surface area contributed by atoms with Crippen molar-refractivity contribution in [3.05, 3.63) is 0 Å². The summed E-state index contributed by atoms with van der Waals surface area (Å²) >= 11 is 0. The molecule has 2 heteroatoms. The van der Waals surface area contributed by atoms with Crippen molar-refractivity contribution in [3.8, 4) is 0 Å². The molecule has 0 heterocycles. The normalized spacial score (nSPS) is 31.2. The van der Waals surface area contributed by atoms with Gasteiger partial charge in [0.25, 0.3) is 0 Å². The summed E-state index contributed by atoms with van der Waals surface area (Å²) in [4.78, 5) is 0. The van der Waals surface area contributed by atoms with Crippen molar-refractivity contribution < 1.29 is 4.74 Å². The monoisotopic (exact) mass is 211 g/mol. The highest BCUT2D eigenvalue weighted by molar-refractivity contribution is 5.02. The summed E-state index contributed by atoms with van der Waals surface area (Å²) in [6.45, 7) is 3.07. The summed E-state index contributed by atoms with van der Waals surface area (Å²) in [7, 11) is 1.79. The Morgan fingerprint density at radius 2 is 2.00 bits per heavy atom. The summed E-state index contributed by atoms with van der Waals surface area (Å²) in [5.41, 5.74) is 0.681. The molecule has 2 fully saturated rings. The predicted octanol–water partition coefficient (Wildman–Crippen LogP) is 2.72. The molecule has 2 rings (SSSR count). The third kappa shape index (κ3) is 2.36. The van der Waals surface area contributed by atoms with Gasteiger partial charge in [-0.1, -0.05) is 19.3 Å². The van der Waals surface area contributed by atoms with Gasteiger partial charge < -0.3 is 10.1 Å². The van der Waals surface area contributed by atoms with E-state index in [1.807, 2.05) is 0 Å². The molecule has 2 unspecified atom stereocenters. The zero-order valence-corrected chi connectivity index (χ0v) is 10.2. The van der Waals surface area contributed by atoms with Crippen molar-refractivity contribution in [2.75, 3.05) is 13.7 Å². The van der Waals surface area contributed by atoms with Crippen molar-refractivity contribution in [2.24, 2.45) is 5.41 Å². The molecule has 0 bridgehead atoms. The minimum atomic E-state index is 0.513. The number of hydrogen-bond acceptors (Lipinski definition) is 2. The van der Waals surface area contributed by atoms with Gasteiger partial charge in [0.2, 0.25) is 0 Å². The molecule has 0 aromatic rings. The third-order valence-electron chi connectivity index (χ3n) is 4.42. The van der Waals surface area contributed by atoms with E-state index in [-0.39, 0.29) is 0 Å². The van der Waals surface area contributed by atoms with Gasteiger partial charge in [-0.05, 0) is 38.0 Å². The van der Waals surface area contributed by atoms with Crippen LogP contribution < -0.4 is 5.32 Å². The first-order valence-corrected chi connectivity index (χ1v) is 6.52. The smallest absolute Gasteiger partial charge is 0.0613 e. The molecule has 0 saturated heterocycles. The second-order valence-electron chi connectivity index (χ2n) is 5.54. The van der Waals surface area contributed by atoms with E-state index in [9.17, 15) is 0 Å². The van der Waals surface area contributed by atoms with Gasteiger partial charge in [-0.15, -0.1) is 0 Å². The van der Waals surface area contributed by atoms with Gasteiger partial charge in [0.05, 0.1) is 6.61 Å². The van der Waals surface area contributed by atoms with E-state index in [0.717, 1.165) is 12.6 Å². The summed E-state index contributed by atoms with van der Waals surface area (Å²) in [5.74, 6) is 0. The molecule has 2 atom stereocenters. The lowest BCUT2D eigenvalue weighted by Crippen LogP contribution is -2.57. The van der Waals surface area contributed by atoms with Crippen molar-refractivity contribution in [1.82, 2.24) is 5.32 Å². The Morgan fingerprint density at radius 1 is 1.27 bits per heavy atom. The summed E-state index contributed by atoms with van der Waals surface area (Å²) in [6.07, 6.45) is 10.1. The van der Waals surface area contributed by atoms with Crippen LogP contribution in [0.25, 0.3) is 0 Å². The van der Waals surface area contributed by atoms with Gasteiger partial charge in [-0.2, -0.15) is 0 Å². The average molecular weight is 211 g/mol. The van der Waals surface area contributed by atoms with Crippen LogP contribution in [0.2, 0.25) is 0 Å². The van der Waals surface area contributed by atoms with Crippen LogP contribution in [-0.4, -0.2) is 25.8 Å². The van der Waals surface area contributed by atoms with E-state index < -0.39 is 0 Å². The van der Waals surface area contributed by atoms with Crippen molar-refractivity contribution in [3.63, 3.8) is 0 Å². The molecule has 88 valence electrons.